The molecule has 0 N–H and O–H groups in total. The highest BCUT2D eigenvalue weighted by molar-refractivity contribution is 6.94. The maximum absolute atomic E-state index is 4.87. The molecule has 1 aromatic rings. The van der Waals surface area contributed by atoms with Gasteiger partial charge in [0.1, 0.15) is 0 Å². The summed E-state index contributed by atoms with van der Waals surface area (Å²) in [6, 6.07) is 5.29. The van der Waals surface area contributed by atoms with Crippen molar-refractivity contribution in [2.45, 2.75) is 97.4 Å². The van der Waals surface area contributed by atoms with Crippen LogP contribution in [0, 0.1) is 0 Å². The van der Waals surface area contributed by atoms with Crippen LogP contribution in [0.5, 0.6) is 0 Å². The van der Waals surface area contributed by atoms with Crippen LogP contribution in [0.3, 0.4) is 0 Å². The van der Waals surface area contributed by atoms with Gasteiger partial charge in [-0.1, -0.05) is 61.0 Å². The van der Waals surface area contributed by atoms with Gasteiger partial charge in [0.15, 0.2) is 0 Å². The molecule has 0 aliphatic rings. The van der Waals surface area contributed by atoms with Gasteiger partial charge < -0.3 is 0 Å². The Morgan fingerprint density at radius 2 is 1.50 bits per heavy atom. The monoisotopic (exact) mass is 348 g/mol. The van der Waals surface area contributed by atoms with Crippen molar-refractivity contribution in [2.75, 3.05) is 7.05 Å². The molecule has 0 spiro atoms. The lowest BCUT2D eigenvalue weighted by molar-refractivity contribution is 0.234. The third-order valence-corrected chi connectivity index (χ3v) is 13.1. The van der Waals surface area contributed by atoms with Crippen LogP contribution in [-0.2, 0) is 6.54 Å². The van der Waals surface area contributed by atoms with E-state index in [-0.39, 0.29) is 0 Å². The zero-order chi connectivity index (χ0) is 18.5. The van der Waals surface area contributed by atoms with Crippen LogP contribution in [0.15, 0.2) is 18.3 Å². The number of pyridine rings is 1. The summed E-state index contributed by atoms with van der Waals surface area (Å²) in [5.41, 5.74) is 3.40. The van der Waals surface area contributed by atoms with E-state index in [1.807, 2.05) is 0 Å². The molecule has 24 heavy (non-hydrogen) atoms. The molecule has 138 valence electrons. The van der Waals surface area contributed by atoms with Gasteiger partial charge in [-0.3, -0.25) is 9.88 Å². The molecule has 0 radical (unpaired) electrons. The Kier molecular flexibility index (Phi) is 8.14. The molecule has 2 nitrogen and oxygen atoms in total. The summed E-state index contributed by atoms with van der Waals surface area (Å²) in [6.07, 6.45) is 4.70. The minimum absolute atomic E-state index is 0.618. The molecule has 0 fully saturated rings. The molecule has 0 aliphatic heterocycles. The lowest BCUT2D eigenvalue weighted by Crippen LogP contribution is -2.55. The predicted molar refractivity (Wildman–Crippen MR) is 111 cm³/mol. The quantitative estimate of drug-likeness (QED) is 0.541. The molecule has 0 unspecified atom stereocenters. The molecule has 0 aromatic carbocycles. The Morgan fingerprint density at radius 1 is 0.958 bits per heavy atom. The van der Waals surface area contributed by atoms with Gasteiger partial charge in [0, 0.05) is 18.8 Å². The lowest BCUT2D eigenvalue weighted by atomic mass is 10.1. The topological polar surface area (TPSA) is 16.1 Å². The van der Waals surface area contributed by atoms with E-state index >= 15 is 0 Å². The average molecular weight is 349 g/mol. The number of rotatable bonds is 9. The van der Waals surface area contributed by atoms with Crippen LogP contribution in [0.25, 0.3) is 0 Å². The first-order chi connectivity index (χ1) is 11.2. The zero-order valence-corrected chi connectivity index (χ0v) is 18.6. The minimum Gasteiger partial charge on any atom is -0.298 e. The predicted octanol–water partition coefficient (Wildman–Crippen LogP) is 5.59. The van der Waals surface area contributed by atoms with Gasteiger partial charge in [-0.25, -0.2) is 0 Å². The standard InChI is InChI=1S/C21H40N2Si/c1-10-11-19(8)23(9)15-20-12-13-21(14-22-20)24(16(2)3,17(4)5)18(6)7/h12-14,16-19H,10-11,15H2,1-9H3/t19-/m1/s1. The fraction of sp³-hybridized carbons (Fsp3) is 0.762. The first-order valence-corrected chi connectivity index (χ1v) is 12.1. The van der Waals surface area contributed by atoms with Crippen LogP contribution < -0.4 is 5.19 Å². The van der Waals surface area contributed by atoms with E-state index in [0.717, 1.165) is 23.2 Å². The summed E-state index contributed by atoms with van der Waals surface area (Å²) in [4.78, 5) is 7.29. The van der Waals surface area contributed by atoms with Crippen molar-refractivity contribution in [3.05, 3.63) is 24.0 Å². The SMILES string of the molecule is CCC[C@@H](C)N(C)Cc1ccc([Si](C(C)C)(C(C)C)C(C)C)cn1. The summed E-state index contributed by atoms with van der Waals surface area (Å²) in [5, 5.41) is 1.54. The Bertz CT molecular complexity index is 457. The van der Waals surface area contributed by atoms with Gasteiger partial charge in [-0.2, -0.15) is 0 Å². The fourth-order valence-electron chi connectivity index (χ4n) is 4.82. The summed E-state index contributed by atoms with van der Waals surface area (Å²) in [5.74, 6) is 0. The smallest absolute Gasteiger partial charge is 0.0962 e. The normalized spacial score (nSPS) is 14.2. The molecule has 0 amide bonds. The van der Waals surface area contributed by atoms with Crippen molar-refractivity contribution < 1.29 is 0 Å². The van der Waals surface area contributed by atoms with E-state index in [9.17, 15) is 0 Å². The second kappa shape index (κ2) is 9.14. The van der Waals surface area contributed by atoms with E-state index in [2.05, 4.69) is 85.7 Å². The van der Waals surface area contributed by atoms with Crippen LogP contribution in [0.4, 0.5) is 0 Å². The van der Waals surface area contributed by atoms with E-state index in [0.29, 0.717) is 6.04 Å². The Labute approximate surface area is 152 Å². The average Bonchev–Trinajstić information content (AvgIpc) is 2.48. The van der Waals surface area contributed by atoms with Crippen molar-refractivity contribution >= 4 is 13.3 Å². The van der Waals surface area contributed by atoms with Gasteiger partial charge in [-0.05, 0) is 48.3 Å². The van der Waals surface area contributed by atoms with Gasteiger partial charge in [0.25, 0.3) is 0 Å². The van der Waals surface area contributed by atoms with Crippen molar-refractivity contribution in [1.29, 1.82) is 0 Å². The minimum atomic E-state index is -1.58. The van der Waals surface area contributed by atoms with Crippen molar-refractivity contribution in [1.82, 2.24) is 9.88 Å². The zero-order valence-electron chi connectivity index (χ0n) is 17.6. The largest absolute Gasteiger partial charge is 0.298 e. The Hall–Kier alpha value is -0.673. The van der Waals surface area contributed by atoms with E-state index in [1.54, 1.807) is 0 Å². The molecule has 3 heteroatoms. The van der Waals surface area contributed by atoms with E-state index in [4.69, 9.17) is 4.98 Å². The summed E-state index contributed by atoms with van der Waals surface area (Å²) >= 11 is 0. The molecule has 1 atom stereocenters. The van der Waals surface area contributed by atoms with Crippen LogP contribution in [-0.4, -0.2) is 31.0 Å². The number of nitrogens with zero attached hydrogens (tertiary/aromatic N) is 2. The van der Waals surface area contributed by atoms with Crippen molar-refractivity contribution in [2.24, 2.45) is 0 Å². The first-order valence-electron chi connectivity index (χ1n) is 9.83. The molecule has 1 heterocycles. The molecule has 1 rings (SSSR count). The fourth-order valence-corrected chi connectivity index (χ4v) is 11.5. The van der Waals surface area contributed by atoms with Gasteiger partial charge in [0.2, 0.25) is 0 Å². The molecule has 0 saturated carbocycles. The molecular weight excluding hydrogens is 308 g/mol. The van der Waals surface area contributed by atoms with Crippen molar-refractivity contribution in [3.63, 3.8) is 0 Å². The first kappa shape index (κ1) is 21.4. The second-order valence-electron chi connectivity index (χ2n) is 8.49. The van der Waals surface area contributed by atoms with Crippen LogP contribution >= 0.6 is 0 Å². The maximum atomic E-state index is 4.87. The van der Waals surface area contributed by atoms with Gasteiger partial charge >= 0.3 is 0 Å². The summed E-state index contributed by atoms with van der Waals surface area (Å²) < 4.78 is 0. The Balaban J connectivity index is 3.04. The van der Waals surface area contributed by atoms with Crippen LogP contribution in [0.2, 0.25) is 16.6 Å². The van der Waals surface area contributed by atoms with Gasteiger partial charge in [-0.15, -0.1) is 0 Å². The van der Waals surface area contributed by atoms with Gasteiger partial charge in [0.05, 0.1) is 13.8 Å². The maximum Gasteiger partial charge on any atom is 0.0962 e. The molecule has 0 saturated heterocycles. The summed E-state index contributed by atoms with van der Waals surface area (Å²) in [6.45, 7) is 20.0. The number of aromatic nitrogens is 1. The molecule has 0 aliphatic carbocycles. The molecule has 0 bridgehead atoms. The number of hydrogen-bond donors (Lipinski definition) is 0. The highest BCUT2D eigenvalue weighted by Crippen LogP contribution is 2.40. The molecular formula is C21H40N2Si. The summed E-state index contributed by atoms with van der Waals surface area (Å²) in [7, 11) is 0.636. The highest BCUT2D eigenvalue weighted by atomic mass is 28.3. The second-order valence-corrected chi connectivity index (χ2v) is 14.4. The van der Waals surface area contributed by atoms with E-state index < -0.39 is 8.07 Å². The van der Waals surface area contributed by atoms with E-state index in [1.165, 1.54) is 23.7 Å². The molecule has 1 aromatic heterocycles. The number of hydrogen-bond acceptors (Lipinski definition) is 2. The van der Waals surface area contributed by atoms with Crippen LogP contribution in [0.1, 0.15) is 73.9 Å². The highest BCUT2D eigenvalue weighted by Gasteiger charge is 2.44. The Morgan fingerprint density at radius 3 is 1.88 bits per heavy atom. The lowest BCUT2D eigenvalue weighted by Gasteiger charge is -2.43. The third kappa shape index (κ3) is 4.48. The van der Waals surface area contributed by atoms with Crippen molar-refractivity contribution in [3.8, 4) is 0 Å². The third-order valence-electron chi connectivity index (χ3n) is 6.06.